The molecule has 3 aromatic heterocycles. The number of pyridine rings is 3. The summed E-state index contributed by atoms with van der Waals surface area (Å²) in [5.74, 6) is 2.72. The molecule has 0 aliphatic heterocycles. The third kappa shape index (κ3) is 6.94. The van der Waals surface area contributed by atoms with E-state index in [-0.39, 0.29) is 0 Å². The van der Waals surface area contributed by atoms with Crippen LogP contribution in [0.4, 0.5) is 17.5 Å². The molecule has 0 amide bonds. The van der Waals surface area contributed by atoms with Gasteiger partial charge in [0.05, 0.1) is 0 Å². The fraction of sp³-hybridized carbons (Fsp3) is 0.364. The maximum Gasteiger partial charge on any atom is 0.126 e. The maximum atomic E-state index is 4.70. The van der Waals surface area contributed by atoms with Crippen molar-refractivity contribution in [3.8, 4) is 0 Å². The summed E-state index contributed by atoms with van der Waals surface area (Å²) in [6.07, 6.45) is 0. The van der Waals surface area contributed by atoms with Crippen molar-refractivity contribution in [3.63, 3.8) is 0 Å². The summed E-state index contributed by atoms with van der Waals surface area (Å²) in [5, 5.41) is 10.8. The molecule has 1 aromatic carbocycles. The molecular formula is C33H42N6. The van der Waals surface area contributed by atoms with E-state index < -0.39 is 0 Å². The van der Waals surface area contributed by atoms with Gasteiger partial charge in [0.2, 0.25) is 0 Å². The fourth-order valence-electron chi connectivity index (χ4n) is 5.52. The number of aromatic nitrogens is 3. The van der Waals surface area contributed by atoms with Crippen LogP contribution in [-0.2, 0) is 19.6 Å². The van der Waals surface area contributed by atoms with E-state index in [1.54, 1.807) is 0 Å². The third-order valence-corrected chi connectivity index (χ3v) is 7.35. The van der Waals surface area contributed by atoms with E-state index in [0.29, 0.717) is 19.6 Å². The summed E-state index contributed by atoms with van der Waals surface area (Å²) in [4.78, 5) is 14.1. The molecule has 0 radical (unpaired) electrons. The summed E-state index contributed by atoms with van der Waals surface area (Å²) < 4.78 is 0. The summed E-state index contributed by atoms with van der Waals surface area (Å²) in [5.41, 5.74) is 14.5. The van der Waals surface area contributed by atoms with Crippen molar-refractivity contribution in [3.05, 3.63) is 104 Å². The van der Waals surface area contributed by atoms with Crippen molar-refractivity contribution in [2.75, 3.05) is 16.0 Å². The number of anilines is 3. The SMILES string of the molecule is Cc1cc(C)nc(NCc2c(C)c(CNc3cc(C)cc(C)n3)c(C)c(CNc3cc(C)cc(C)n3)c2C)c1. The van der Waals surface area contributed by atoms with Crippen LogP contribution >= 0.6 is 0 Å². The molecule has 0 saturated heterocycles. The number of nitrogens with one attached hydrogen (secondary N) is 3. The highest BCUT2D eigenvalue weighted by molar-refractivity contribution is 5.55. The Labute approximate surface area is 233 Å². The number of hydrogen-bond acceptors (Lipinski definition) is 6. The van der Waals surface area contributed by atoms with Crippen molar-refractivity contribution in [1.82, 2.24) is 15.0 Å². The first-order valence-electron chi connectivity index (χ1n) is 13.7. The Morgan fingerprint density at radius 1 is 0.410 bits per heavy atom. The van der Waals surface area contributed by atoms with Gasteiger partial charge in [-0.3, -0.25) is 0 Å². The lowest BCUT2D eigenvalue weighted by Crippen LogP contribution is -2.16. The van der Waals surface area contributed by atoms with Crippen molar-refractivity contribution >= 4 is 17.5 Å². The molecule has 4 rings (SSSR count). The number of benzene rings is 1. The Morgan fingerprint density at radius 3 is 0.897 bits per heavy atom. The predicted octanol–water partition coefficient (Wildman–Crippen LogP) is 7.48. The molecule has 0 atom stereocenters. The van der Waals surface area contributed by atoms with Crippen LogP contribution in [0.25, 0.3) is 0 Å². The molecule has 0 unspecified atom stereocenters. The minimum atomic E-state index is 0.706. The van der Waals surface area contributed by atoms with Gasteiger partial charge in [-0.15, -0.1) is 0 Å². The Kier molecular flexibility index (Phi) is 8.54. The zero-order valence-corrected chi connectivity index (χ0v) is 24.9. The quantitative estimate of drug-likeness (QED) is 0.212. The lowest BCUT2D eigenvalue weighted by atomic mass is 9.87. The summed E-state index contributed by atoms with van der Waals surface area (Å²) >= 11 is 0. The number of aryl methyl sites for hydroxylation is 6. The van der Waals surface area contributed by atoms with E-state index in [1.165, 1.54) is 50.1 Å². The van der Waals surface area contributed by atoms with Crippen LogP contribution < -0.4 is 16.0 Å². The number of hydrogen-bond donors (Lipinski definition) is 3. The Bertz CT molecular complexity index is 1240. The summed E-state index contributed by atoms with van der Waals surface area (Å²) in [6.45, 7) is 21.3. The molecule has 0 fully saturated rings. The van der Waals surface area contributed by atoms with E-state index in [2.05, 4.69) is 93.9 Å². The van der Waals surface area contributed by atoms with Crippen LogP contribution in [0.3, 0.4) is 0 Å². The van der Waals surface area contributed by atoms with Gasteiger partial charge < -0.3 is 16.0 Å². The van der Waals surface area contributed by atoms with Crippen LogP contribution in [-0.4, -0.2) is 15.0 Å². The average molecular weight is 523 g/mol. The smallest absolute Gasteiger partial charge is 0.126 e. The zero-order valence-electron chi connectivity index (χ0n) is 24.9. The second kappa shape index (κ2) is 11.9. The van der Waals surface area contributed by atoms with Gasteiger partial charge in [0.25, 0.3) is 0 Å². The largest absolute Gasteiger partial charge is 0.366 e. The lowest BCUT2D eigenvalue weighted by molar-refractivity contribution is 0.956. The van der Waals surface area contributed by atoms with Crippen LogP contribution in [0, 0.1) is 62.3 Å². The normalized spacial score (nSPS) is 11.0. The van der Waals surface area contributed by atoms with Gasteiger partial charge in [0.1, 0.15) is 17.5 Å². The highest BCUT2D eigenvalue weighted by atomic mass is 15.0. The molecule has 0 aliphatic rings. The molecule has 3 N–H and O–H groups in total. The van der Waals surface area contributed by atoms with Crippen molar-refractivity contribution < 1.29 is 0 Å². The minimum Gasteiger partial charge on any atom is -0.366 e. The average Bonchev–Trinajstić information content (AvgIpc) is 2.82. The molecule has 0 aliphatic carbocycles. The zero-order chi connectivity index (χ0) is 28.3. The topological polar surface area (TPSA) is 74.8 Å². The van der Waals surface area contributed by atoms with E-state index in [0.717, 1.165) is 34.5 Å². The standard InChI is InChI=1S/C33H42N6/c1-19-10-22(4)37-31(13-19)34-16-28-25(7)29(17-35-32-14-20(2)11-23(5)38-32)27(9)30(26(28)8)18-36-33-15-21(3)12-24(6)39-33/h10-15H,16-18H2,1-9H3,(H,34,37)(H,35,38)(H,36,39). The summed E-state index contributed by atoms with van der Waals surface area (Å²) in [7, 11) is 0. The molecule has 0 bridgehead atoms. The van der Waals surface area contributed by atoms with E-state index in [1.807, 2.05) is 20.8 Å². The predicted molar refractivity (Wildman–Crippen MR) is 164 cm³/mol. The molecule has 3 heterocycles. The highest BCUT2D eigenvalue weighted by Crippen LogP contribution is 2.30. The van der Waals surface area contributed by atoms with Crippen molar-refractivity contribution in [2.24, 2.45) is 0 Å². The summed E-state index contributed by atoms with van der Waals surface area (Å²) in [6, 6.07) is 12.6. The molecule has 204 valence electrons. The van der Waals surface area contributed by atoms with Crippen LogP contribution in [0.15, 0.2) is 36.4 Å². The molecule has 39 heavy (non-hydrogen) atoms. The Hall–Kier alpha value is -3.93. The van der Waals surface area contributed by atoms with Crippen molar-refractivity contribution in [2.45, 2.75) is 81.9 Å². The first kappa shape index (κ1) is 28.1. The Morgan fingerprint density at radius 2 is 0.667 bits per heavy atom. The van der Waals surface area contributed by atoms with E-state index in [4.69, 9.17) is 15.0 Å². The molecule has 6 nitrogen and oxygen atoms in total. The molecule has 6 heteroatoms. The highest BCUT2D eigenvalue weighted by Gasteiger charge is 2.18. The third-order valence-electron chi connectivity index (χ3n) is 7.35. The molecule has 4 aromatic rings. The molecular weight excluding hydrogens is 480 g/mol. The first-order chi connectivity index (χ1) is 18.5. The maximum absolute atomic E-state index is 4.70. The lowest BCUT2D eigenvalue weighted by Gasteiger charge is -2.24. The van der Waals surface area contributed by atoms with Gasteiger partial charge in [-0.2, -0.15) is 0 Å². The van der Waals surface area contributed by atoms with Crippen LogP contribution in [0.2, 0.25) is 0 Å². The van der Waals surface area contributed by atoms with Crippen LogP contribution in [0.1, 0.15) is 67.2 Å². The number of nitrogens with zero attached hydrogens (tertiary/aromatic N) is 3. The first-order valence-corrected chi connectivity index (χ1v) is 13.7. The second-order valence-corrected chi connectivity index (χ2v) is 10.9. The van der Waals surface area contributed by atoms with Gasteiger partial charge in [0, 0.05) is 36.7 Å². The number of rotatable bonds is 9. The van der Waals surface area contributed by atoms with E-state index in [9.17, 15) is 0 Å². The molecule has 0 saturated carbocycles. The fourth-order valence-corrected chi connectivity index (χ4v) is 5.52. The Balaban J connectivity index is 1.69. The van der Waals surface area contributed by atoms with Gasteiger partial charge in [-0.1, -0.05) is 0 Å². The van der Waals surface area contributed by atoms with Gasteiger partial charge >= 0.3 is 0 Å². The van der Waals surface area contributed by atoms with Crippen LogP contribution in [0.5, 0.6) is 0 Å². The van der Waals surface area contributed by atoms with Gasteiger partial charge in [-0.25, -0.2) is 15.0 Å². The minimum absolute atomic E-state index is 0.706. The second-order valence-electron chi connectivity index (χ2n) is 10.9. The van der Waals surface area contributed by atoms with Gasteiger partial charge in [-0.05, 0) is 149 Å². The monoisotopic (exact) mass is 522 g/mol. The van der Waals surface area contributed by atoms with Crippen molar-refractivity contribution in [1.29, 1.82) is 0 Å². The molecule has 0 spiro atoms. The van der Waals surface area contributed by atoms with Gasteiger partial charge in [0.15, 0.2) is 0 Å². The van der Waals surface area contributed by atoms with E-state index >= 15 is 0 Å².